The monoisotopic (exact) mass is 442 g/mol. The van der Waals surface area contributed by atoms with Crippen molar-refractivity contribution in [2.45, 2.75) is 11.3 Å². The van der Waals surface area contributed by atoms with Gasteiger partial charge in [-0.2, -0.15) is 0 Å². The third kappa shape index (κ3) is 3.63. The molecule has 3 aromatic carbocycles. The van der Waals surface area contributed by atoms with E-state index >= 15 is 0 Å². The molecule has 2 heterocycles. The molecule has 1 aromatic heterocycles. The highest BCUT2D eigenvalue weighted by atomic mass is 32.2. The van der Waals surface area contributed by atoms with E-state index in [4.69, 9.17) is 4.74 Å². The van der Waals surface area contributed by atoms with Crippen molar-refractivity contribution in [2.24, 2.45) is 0 Å². The molecule has 0 aliphatic carbocycles. The molecular formula is C26H22N2O3S. The van der Waals surface area contributed by atoms with Crippen molar-refractivity contribution in [1.82, 2.24) is 4.98 Å². The SMILES string of the molecule is COc1ccc(-c2ccc(S(=O)(=O)N3CCc4cc(-c5ccncc5)ccc43)cc2)cc1. The zero-order chi connectivity index (χ0) is 22.1. The number of ether oxygens (including phenoxy) is 1. The molecule has 0 saturated carbocycles. The Balaban J connectivity index is 1.42. The summed E-state index contributed by atoms with van der Waals surface area (Å²) in [6, 6.07) is 24.6. The van der Waals surface area contributed by atoms with Gasteiger partial charge in [0, 0.05) is 18.9 Å². The Hall–Kier alpha value is -3.64. The van der Waals surface area contributed by atoms with E-state index in [1.165, 1.54) is 4.31 Å². The summed E-state index contributed by atoms with van der Waals surface area (Å²) in [5, 5.41) is 0. The first kappa shape index (κ1) is 20.3. The van der Waals surface area contributed by atoms with E-state index in [0.29, 0.717) is 17.9 Å². The molecule has 0 amide bonds. The van der Waals surface area contributed by atoms with Crippen molar-refractivity contribution < 1.29 is 13.2 Å². The molecular weight excluding hydrogens is 420 g/mol. The average molecular weight is 443 g/mol. The fourth-order valence-corrected chi connectivity index (χ4v) is 5.58. The number of hydrogen-bond acceptors (Lipinski definition) is 4. The van der Waals surface area contributed by atoms with Gasteiger partial charge in [-0.1, -0.05) is 30.3 Å². The Labute approximate surface area is 188 Å². The lowest BCUT2D eigenvalue weighted by Crippen LogP contribution is -2.29. The van der Waals surface area contributed by atoms with E-state index in [1.54, 1.807) is 31.6 Å². The lowest BCUT2D eigenvalue weighted by molar-refractivity contribution is 0.415. The van der Waals surface area contributed by atoms with E-state index in [2.05, 4.69) is 11.1 Å². The van der Waals surface area contributed by atoms with Crippen LogP contribution in [0.5, 0.6) is 5.75 Å². The summed E-state index contributed by atoms with van der Waals surface area (Å²) >= 11 is 0. The smallest absolute Gasteiger partial charge is 0.264 e. The van der Waals surface area contributed by atoms with Gasteiger partial charge in [0.1, 0.15) is 5.75 Å². The van der Waals surface area contributed by atoms with Crippen LogP contribution in [-0.4, -0.2) is 27.1 Å². The molecule has 0 N–H and O–H groups in total. The van der Waals surface area contributed by atoms with E-state index in [1.807, 2.05) is 60.7 Å². The van der Waals surface area contributed by atoms with Gasteiger partial charge in [0.05, 0.1) is 17.7 Å². The molecule has 4 aromatic rings. The first-order valence-corrected chi connectivity index (χ1v) is 11.8. The number of rotatable bonds is 5. The molecule has 5 nitrogen and oxygen atoms in total. The molecule has 0 saturated heterocycles. The molecule has 32 heavy (non-hydrogen) atoms. The van der Waals surface area contributed by atoms with Gasteiger partial charge in [0.15, 0.2) is 0 Å². The van der Waals surface area contributed by atoms with Gasteiger partial charge in [-0.05, 0) is 82.8 Å². The Morgan fingerprint density at radius 1 is 0.781 bits per heavy atom. The number of benzene rings is 3. The van der Waals surface area contributed by atoms with Crippen molar-refractivity contribution in [3.63, 3.8) is 0 Å². The summed E-state index contributed by atoms with van der Waals surface area (Å²) in [6.07, 6.45) is 4.21. The molecule has 0 unspecified atom stereocenters. The van der Waals surface area contributed by atoms with Crippen LogP contribution in [0.2, 0.25) is 0 Å². The number of nitrogens with zero attached hydrogens (tertiary/aromatic N) is 2. The summed E-state index contributed by atoms with van der Waals surface area (Å²) < 4.78 is 33.5. The molecule has 0 radical (unpaired) electrons. The lowest BCUT2D eigenvalue weighted by atomic mass is 10.0. The molecule has 160 valence electrons. The fraction of sp³-hybridized carbons (Fsp3) is 0.115. The maximum atomic E-state index is 13.4. The van der Waals surface area contributed by atoms with Crippen molar-refractivity contribution in [1.29, 1.82) is 0 Å². The van der Waals surface area contributed by atoms with Crippen LogP contribution in [0.3, 0.4) is 0 Å². The summed E-state index contributed by atoms with van der Waals surface area (Å²) in [5.74, 6) is 0.785. The number of anilines is 1. The van der Waals surface area contributed by atoms with Crippen LogP contribution in [0.25, 0.3) is 22.3 Å². The average Bonchev–Trinajstić information content (AvgIpc) is 3.29. The van der Waals surface area contributed by atoms with Crippen LogP contribution >= 0.6 is 0 Å². The predicted octanol–water partition coefficient (Wildman–Crippen LogP) is 5.18. The third-order valence-electron chi connectivity index (χ3n) is 5.81. The predicted molar refractivity (Wildman–Crippen MR) is 126 cm³/mol. The van der Waals surface area contributed by atoms with Crippen molar-refractivity contribution in [3.05, 3.63) is 96.8 Å². The summed E-state index contributed by atoms with van der Waals surface area (Å²) in [5.41, 5.74) is 5.88. The summed E-state index contributed by atoms with van der Waals surface area (Å²) in [7, 11) is -2.01. The van der Waals surface area contributed by atoms with E-state index in [9.17, 15) is 8.42 Å². The van der Waals surface area contributed by atoms with Crippen molar-refractivity contribution in [2.75, 3.05) is 18.0 Å². The lowest BCUT2D eigenvalue weighted by Gasteiger charge is -2.20. The quantitative estimate of drug-likeness (QED) is 0.428. The number of sulfonamides is 1. The van der Waals surface area contributed by atoms with Gasteiger partial charge in [0.2, 0.25) is 0 Å². The minimum Gasteiger partial charge on any atom is -0.497 e. The zero-order valence-corrected chi connectivity index (χ0v) is 18.4. The number of hydrogen-bond donors (Lipinski definition) is 0. The first-order valence-electron chi connectivity index (χ1n) is 10.4. The minimum absolute atomic E-state index is 0.292. The van der Waals surface area contributed by atoms with Gasteiger partial charge in [-0.3, -0.25) is 9.29 Å². The van der Waals surface area contributed by atoms with E-state index in [0.717, 1.165) is 39.3 Å². The van der Waals surface area contributed by atoms with Crippen LogP contribution in [0, 0.1) is 0 Å². The first-order chi connectivity index (χ1) is 15.6. The van der Waals surface area contributed by atoms with Gasteiger partial charge >= 0.3 is 0 Å². The van der Waals surface area contributed by atoms with Crippen molar-refractivity contribution >= 4 is 15.7 Å². The Morgan fingerprint density at radius 2 is 1.38 bits per heavy atom. The van der Waals surface area contributed by atoms with Crippen LogP contribution in [0.15, 0.2) is 96.2 Å². The molecule has 6 heteroatoms. The minimum atomic E-state index is -3.64. The summed E-state index contributed by atoms with van der Waals surface area (Å²) in [4.78, 5) is 4.35. The number of aromatic nitrogens is 1. The van der Waals surface area contributed by atoms with E-state index in [-0.39, 0.29) is 0 Å². The van der Waals surface area contributed by atoms with Crippen LogP contribution in [-0.2, 0) is 16.4 Å². The maximum Gasteiger partial charge on any atom is 0.264 e. The van der Waals surface area contributed by atoms with Gasteiger partial charge in [-0.15, -0.1) is 0 Å². The standard InChI is InChI=1S/C26H22N2O3S/c1-31-24-7-2-19(3-8-24)20-4-9-25(10-5-20)32(29,30)28-17-14-23-18-22(6-11-26(23)28)21-12-15-27-16-13-21/h2-13,15-16,18H,14,17H2,1H3. The van der Waals surface area contributed by atoms with E-state index < -0.39 is 10.0 Å². The molecule has 1 aliphatic rings. The topological polar surface area (TPSA) is 59.5 Å². The largest absolute Gasteiger partial charge is 0.497 e. The zero-order valence-electron chi connectivity index (χ0n) is 17.6. The molecule has 1 aliphatic heterocycles. The van der Waals surface area contributed by atoms with Gasteiger partial charge < -0.3 is 4.74 Å². The van der Waals surface area contributed by atoms with Crippen LogP contribution < -0.4 is 9.04 Å². The summed E-state index contributed by atoms with van der Waals surface area (Å²) in [6.45, 7) is 0.442. The molecule has 0 bridgehead atoms. The van der Waals surface area contributed by atoms with Crippen LogP contribution in [0.1, 0.15) is 5.56 Å². The highest BCUT2D eigenvalue weighted by molar-refractivity contribution is 7.92. The molecule has 0 fully saturated rings. The number of methoxy groups -OCH3 is 1. The molecule has 5 rings (SSSR count). The van der Waals surface area contributed by atoms with Gasteiger partial charge in [-0.25, -0.2) is 8.42 Å². The molecule has 0 atom stereocenters. The van der Waals surface area contributed by atoms with Gasteiger partial charge in [0.25, 0.3) is 10.0 Å². The fourth-order valence-electron chi connectivity index (χ4n) is 4.08. The second-order valence-electron chi connectivity index (χ2n) is 7.66. The second-order valence-corrected chi connectivity index (χ2v) is 9.52. The van der Waals surface area contributed by atoms with Crippen molar-refractivity contribution in [3.8, 4) is 28.0 Å². The highest BCUT2D eigenvalue weighted by Crippen LogP contribution is 2.36. The Morgan fingerprint density at radius 3 is 2.03 bits per heavy atom. The number of pyridine rings is 1. The second kappa shape index (κ2) is 8.13. The molecule has 0 spiro atoms. The normalized spacial score (nSPS) is 13.1. The third-order valence-corrected chi connectivity index (χ3v) is 7.64. The highest BCUT2D eigenvalue weighted by Gasteiger charge is 2.31. The Bertz CT molecular complexity index is 1350. The maximum absolute atomic E-state index is 13.4. The number of fused-ring (bicyclic) bond motifs is 1. The Kier molecular flexibility index (Phi) is 5.15. The van der Waals surface area contributed by atoms with Crippen LogP contribution in [0.4, 0.5) is 5.69 Å².